The molecule has 0 aliphatic carbocycles. The number of carbonyl (C=O) groups is 1. The van der Waals surface area contributed by atoms with Crippen LogP contribution in [-0.2, 0) is 0 Å². The number of rotatable bonds is 1. The first-order valence-electron chi connectivity index (χ1n) is 5.84. The largest absolute Gasteiger partial charge is 0.397 e. The fourth-order valence-electron chi connectivity index (χ4n) is 2.12. The van der Waals surface area contributed by atoms with Crippen LogP contribution in [0.5, 0.6) is 0 Å². The second-order valence-electron chi connectivity index (χ2n) is 5.31. The molecular weight excluding hydrogens is 216 g/mol. The molecule has 1 aliphatic heterocycles. The van der Waals surface area contributed by atoms with Crippen LogP contribution >= 0.6 is 0 Å². The third kappa shape index (κ3) is 2.29. The number of H-pyrrole nitrogens is 1. The summed E-state index contributed by atoms with van der Waals surface area (Å²) in [4.78, 5) is 19.3. The molecule has 3 N–H and O–H groups in total. The number of nitrogen functional groups attached to an aromatic ring is 1. The Hall–Kier alpha value is -1.49. The number of nitrogens with two attached hydrogens (primary N) is 1. The lowest BCUT2D eigenvalue weighted by Crippen LogP contribution is -2.58. The number of aromatic nitrogens is 1. The molecule has 0 unspecified atom stereocenters. The van der Waals surface area contributed by atoms with Gasteiger partial charge in [0, 0.05) is 37.1 Å². The van der Waals surface area contributed by atoms with Crippen molar-refractivity contribution in [3.05, 3.63) is 18.0 Å². The lowest BCUT2D eigenvalue weighted by Gasteiger charge is -2.45. The highest BCUT2D eigenvalue weighted by molar-refractivity contribution is 5.93. The molecule has 1 aromatic heterocycles. The summed E-state index contributed by atoms with van der Waals surface area (Å²) in [5, 5.41) is 0. The fraction of sp³-hybridized carbons (Fsp3) is 0.583. The average molecular weight is 236 g/mol. The predicted molar refractivity (Wildman–Crippen MR) is 67.8 cm³/mol. The van der Waals surface area contributed by atoms with Gasteiger partial charge in [0.2, 0.25) is 0 Å². The molecular formula is C12H20N4O. The molecule has 0 radical (unpaired) electrons. The van der Waals surface area contributed by atoms with Crippen LogP contribution in [0.4, 0.5) is 5.69 Å². The van der Waals surface area contributed by atoms with E-state index in [0.29, 0.717) is 11.4 Å². The highest BCUT2D eigenvalue weighted by Gasteiger charge is 2.33. The van der Waals surface area contributed by atoms with Gasteiger partial charge in [0.05, 0.1) is 0 Å². The summed E-state index contributed by atoms with van der Waals surface area (Å²) in [5.74, 6) is 0.0304. The lowest BCUT2D eigenvalue weighted by atomic mass is 9.99. The van der Waals surface area contributed by atoms with E-state index >= 15 is 0 Å². The van der Waals surface area contributed by atoms with Crippen LogP contribution < -0.4 is 5.73 Å². The minimum absolute atomic E-state index is 0.0199. The third-order valence-corrected chi connectivity index (χ3v) is 3.54. The van der Waals surface area contributed by atoms with Crippen molar-refractivity contribution in [3.8, 4) is 0 Å². The first-order chi connectivity index (χ1) is 7.90. The van der Waals surface area contributed by atoms with Gasteiger partial charge in [-0.1, -0.05) is 0 Å². The summed E-state index contributed by atoms with van der Waals surface area (Å²) in [6.45, 7) is 6.69. The van der Waals surface area contributed by atoms with Crippen molar-refractivity contribution in [2.45, 2.75) is 19.4 Å². The second kappa shape index (κ2) is 4.07. The molecule has 1 aliphatic rings. The van der Waals surface area contributed by atoms with E-state index in [1.165, 1.54) is 0 Å². The molecule has 1 amide bonds. The molecule has 5 heteroatoms. The Labute approximate surface area is 102 Å². The molecule has 0 saturated carbocycles. The molecule has 0 aromatic carbocycles. The summed E-state index contributed by atoms with van der Waals surface area (Å²) in [5.41, 5.74) is 6.80. The number of nitrogens with one attached hydrogen (secondary N) is 1. The van der Waals surface area contributed by atoms with Crippen LogP contribution in [0.2, 0.25) is 0 Å². The Morgan fingerprint density at radius 1 is 1.47 bits per heavy atom. The predicted octanol–water partition coefficient (Wildman–Crippen LogP) is 0.763. The van der Waals surface area contributed by atoms with Crippen LogP contribution in [0.25, 0.3) is 0 Å². The van der Waals surface area contributed by atoms with E-state index in [-0.39, 0.29) is 11.4 Å². The summed E-state index contributed by atoms with van der Waals surface area (Å²) in [6.07, 6.45) is 1.65. The maximum atomic E-state index is 12.2. The molecule has 2 rings (SSSR count). The molecule has 0 bridgehead atoms. The minimum Gasteiger partial charge on any atom is -0.397 e. The summed E-state index contributed by atoms with van der Waals surface area (Å²) in [6, 6.07) is 1.69. The molecule has 17 heavy (non-hydrogen) atoms. The molecule has 0 atom stereocenters. The Bertz CT molecular complexity index is 424. The van der Waals surface area contributed by atoms with Gasteiger partial charge in [0.1, 0.15) is 5.69 Å². The van der Waals surface area contributed by atoms with Crippen LogP contribution in [0.3, 0.4) is 0 Å². The first kappa shape index (κ1) is 12.0. The van der Waals surface area contributed by atoms with Gasteiger partial charge in [0.25, 0.3) is 5.91 Å². The highest BCUT2D eigenvalue weighted by Crippen LogP contribution is 2.20. The van der Waals surface area contributed by atoms with Crippen LogP contribution in [0.15, 0.2) is 12.3 Å². The zero-order valence-electron chi connectivity index (χ0n) is 10.7. The summed E-state index contributed by atoms with van der Waals surface area (Å²) < 4.78 is 0. The lowest BCUT2D eigenvalue weighted by molar-refractivity contribution is 0.0308. The number of hydrogen-bond donors (Lipinski definition) is 2. The van der Waals surface area contributed by atoms with E-state index < -0.39 is 0 Å². The summed E-state index contributed by atoms with van der Waals surface area (Å²) in [7, 11) is 2.09. The Kier molecular flexibility index (Phi) is 2.87. The SMILES string of the molecule is CN1CCN(C(=O)c2cc(N)c[nH]2)CC1(C)C. The van der Waals surface area contributed by atoms with Gasteiger partial charge < -0.3 is 15.6 Å². The van der Waals surface area contributed by atoms with Crippen molar-refractivity contribution in [2.75, 3.05) is 32.4 Å². The van der Waals surface area contributed by atoms with Crippen molar-refractivity contribution < 1.29 is 4.79 Å². The molecule has 94 valence electrons. The smallest absolute Gasteiger partial charge is 0.270 e. The molecule has 1 fully saturated rings. The maximum Gasteiger partial charge on any atom is 0.270 e. The van der Waals surface area contributed by atoms with E-state index in [1.807, 2.05) is 4.90 Å². The Balaban J connectivity index is 2.11. The van der Waals surface area contributed by atoms with E-state index in [2.05, 4.69) is 30.8 Å². The van der Waals surface area contributed by atoms with E-state index in [0.717, 1.165) is 19.6 Å². The number of anilines is 1. The molecule has 1 aromatic rings. The monoisotopic (exact) mass is 236 g/mol. The molecule has 0 spiro atoms. The van der Waals surface area contributed by atoms with Crippen LogP contribution in [0, 0.1) is 0 Å². The van der Waals surface area contributed by atoms with E-state index in [1.54, 1.807) is 12.3 Å². The van der Waals surface area contributed by atoms with E-state index in [9.17, 15) is 4.79 Å². The van der Waals surface area contributed by atoms with Gasteiger partial charge in [-0.05, 0) is 27.0 Å². The van der Waals surface area contributed by atoms with Gasteiger partial charge in [-0.2, -0.15) is 0 Å². The van der Waals surface area contributed by atoms with Crippen molar-refractivity contribution in [1.29, 1.82) is 0 Å². The maximum absolute atomic E-state index is 12.2. The zero-order chi connectivity index (χ0) is 12.6. The van der Waals surface area contributed by atoms with Gasteiger partial charge in [-0.25, -0.2) is 0 Å². The van der Waals surface area contributed by atoms with Crippen LogP contribution in [-0.4, -0.2) is 52.9 Å². The number of carbonyl (C=O) groups excluding carboxylic acids is 1. The molecule has 2 heterocycles. The van der Waals surface area contributed by atoms with Gasteiger partial charge in [-0.15, -0.1) is 0 Å². The quantitative estimate of drug-likeness (QED) is 0.756. The number of likely N-dealkylation sites (N-methyl/N-ethyl adjacent to an activating group) is 1. The molecule has 5 nitrogen and oxygen atoms in total. The van der Waals surface area contributed by atoms with Crippen LogP contribution in [0.1, 0.15) is 24.3 Å². The number of amides is 1. The molecule has 1 saturated heterocycles. The van der Waals surface area contributed by atoms with Crippen molar-refractivity contribution >= 4 is 11.6 Å². The van der Waals surface area contributed by atoms with Crippen molar-refractivity contribution in [1.82, 2.24) is 14.8 Å². The van der Waals surface area contributed by atoms with Crippen molar-refractivity contribution in [2.24, 2.45) is 0 Å². The van der Waals surface area contributed by atoms with Crippen molar-refractivity contribution in [3.63, 3.8) is 0 Å². The minimum atomic E-state index is 0.0199. The topological polar surface area (TPSA) is 65.4 Å². The Morgan fingerprint density at radius 3 is 2.71 bits per heavy atom. The number of piperazine rings is 1. The first-order valence-corrected chi connectivity index (χ1v) is 5.84. The normalized spacial score (nSPS) is 20.5. The Morgan fingerprint density at radius 2 is 2.18 bits per heavy atom. The highest BCUT2D eigenvalue weighted by atomic mass is 16.2. The van der Waals surface area contributed by atoms with Gasteiger partial charge in [0.15, 0.2) is 0 Å². The number of aromatic amines is 1. The third-order valence-electron chi connectivity index (χ3n) is 3.54. The second-order valence-corrected chi connectivity index (χ2v) is 5.31. The standard InChI is InChI=1S/C12H20N4O/c1-12(2)8-16(5-4-15(12)3)11(17)10-6-9(13)7-14-10/h6-7,14H,4-5,8,13H2,1-3H3. The average Bonchev–Trinajstić information content (AvgIpc) is 2.68. The van der Waals surface area contributed by atoms with Gasteiger partial charge >= 0.3 is 0 Å². The fourth-order valence-corrected chi connectivity index (χ4v) is 2.12. The van der Waals surface area contributed by atoms with E-state index in [4.69, 9.17) is 5.73 Å². The van der Waals surface area contributed by atoms with Gasteiger partial charge in [-0.3, -0.25) is 9.69 Å². The summed E-state index contributed by atoms with van der Waals surface area (Å²) >= 11 is 0. The number of nitrogens with zero attached hydrogens (tertiary/aromatic N) is 2. The zero-order valence-corrected chi connectivity index (χ0v) is 10.7. The number of hydrogen-bond acceptors (Lipinski definition) is 3.